The highest BCUT2D eigenvalue weighted by atomic mass is 16.3. The molecule has 140 valence electrons. The molecule has 0 radical (unpaired) electrons. The Morgan fingerprint density at radius 1 is 0.704 bits per heavy atom. The molecular weight excluding hydrogens is 330 g/mol. The number of hydrogen-bond donors (Lipinski definition) is 1. The predicted molar refractivity (Wildman–Crippen MR) is 114 cm³/mol. The topological polar surface area (TPSA) is 33.1 Å². The molecular formula is C25H29NO. The van der Waals surface area contributed by atoms with Gasteiger partial charge in [-0.25, -0.2) is 4.98 Å². The molecule has 0 amide bonds. The summed E-state index contributed by atoms with van der Waals surface area (Å²) in [5.41, 5.74) is 5.56. The zero-order chi connectivity index (χ0) is 19.8. The number of rotatable bonds is 2. The first-order valence-corrected chi connectivity index (χ1v) is 9.48. The molecule has 3 aromatic rings. The average molecular weight is 360 g/mol. The van der Waals surface area contributed by atoms with Crippen LogP contribution in [0, 0.1) is 0 Å². The summed E-state index contributed by atoms with van der Waals surface area (Å²) in [4.78, 5) is 4.86. The first kappa shape index (κ1) is 19.2. The average Bonchev–Trinajstić information content (AvgIpc) is 2.61. The lowest BCUT2D eigenvalue weighted by Crippen LogP contribution is -2.17. The Morgan fingerprint density at radius 2 is 1.33 bits per heavy atom. The molecule has 1 heterocycles. The number of aromatic nitrogens is 1. The van der Waals surface area contributed by atoms with Crippen molar-refractivity contribution in [2.24, 2.45) is 0 Å². The van der Waals surface area contributed by atoms with Crippen LogP contribution in [0.1, 0.15) is 52.7 Å². The zero-order valence-electron chi connectivity index (χ0n) is 17.2. The van der Waals surface area contributed by atoms with Crippen LogP contribution in [0.5, 0.6) is 5.75 Å². The summed E-state index contributed by atoms with van der Waals surface area (Å²) in [5, 5.41) is 11.1. The lowest BCUT2D eigenvalue weighted by molar-refractivity contribution is 0.446. The molecule has 2 nitrogen and oxygen atoms in total. The molecule has 2 aromatic carbocycles. The van der Waals surface area contributed by atoms with Gasteiger partial charge >= 0.3 is 0 Å². The molecule has 27 heavy (non-hydrogen) atoms. The minimum atomic E-state index is -0.156. The van der Waals surface area contributed by atoms with Gasteiger partial charge in [0.1, 0.15) is 5.75 Å². The van der Waals surface area contributed by atoms with Crippen molar-refractivity contribution >= 4 is 0 Å². The van der Waals surface area contributed by atoms with Crippen molar-refractivity contribution in [1.82, 2.24) is 4.98 Å². The summed E-state index contributed by atoms with van der Waals surface area (Å²) in [5.74, 6) is 0.327. The van der Waals surface area contributed by atoms with Gasteiger partial charge in [-0.15, -0.1) is 0 Å². The molecule has 1 aromatic heterocycles. The van der Waals surface area contributed by atoms with Gasteiger partial charge < -0.3 is 5.11 Å². The fraction of sp³-hybridized carbons (Fsp3) is 0.320. The molecule has 2 heteroatoms. The van der Waals surface area contributed by atoms with Gasteiger partial charge in [0.05, 0.1) is 11.4 Å². The number of benzene rings is 2. The summed E-state index contributed by atoms with van der Waals surface area (Å²) in [6.45, 7) is 13.0. The lowest BCUT2D eigenvalue weighted by atomic mass is 9.78. The quantitative estimate of drug-likeness (QED) is 0.551. The molecule has 1 N–H and O–H groups in total. The van der Waals surface area contributed by atoms with Gasteiger partial charge in [0.2, 0.25) is 0 Å². The smallest absolute Gasteiger partial charge is 0.128 e. The molecule has 0 saturated carbocycles. The Kier molecular flexibility index (Phi) is 4.86. The van der Waals surface area contributed by atoms with Crippen molar-refractivity contribution in [3.05, 3.63) is 71.8 Å². The van der Waals surface area contributed by atoms with E-state index in [1.807, 2.05) is 36.4 Å². The van der Waals surface area contributed by atoms with E-state index in [0.717, 1.165) is 28.1 Å². The zero-order valence-corrected chi connectivity index (χ0v) is 17.2. The van der Waals surface area contributed by atoms with Crippen molar-refractivity contribution in [1.29, 1.82) is 0 Å². The van der Waals surface area contributed by atoms with Crippen LogP contribution in [0.15, 0.2) is 60.7 Å². The number of phenols is 1. The lowest BCUT2D eigenvalue weighted by Gasteiger charge is -2.27. The van der Waals surface area contributed by atoms with Crippen molar-refractivity contribution in [3.63, 3.8) is 0 Å². The molecule has 3 rings (SSSR count). The molecule has 0 spiro atoms. The van der Waals surface area contributed by atoms with Crippen LogP contribution in [-0.2, 0) is 10.8 Å². The van der Waals surface area contributed by atoms with Crippen molar-refractivity contribution in [2.45, 2.75) is 52.4 Å². The van der Waals surface area contributed by atoms with Gasteiger partial charge in [-0.2, -0.15) is 0 Å². The molecule has 0 aliphatic carbocycles. The molecule has 0 aliphatic rings. The molecule has 0 atom stereocenters. The number of pyridine rings is 1. The van der Waals surface area contributed by atoms with E-state index >= 15 is 0 Å². The first-order valence-electron chi connectivity index (χ1n) is 9.48. The largest absolute Gasteiger partial charge is 0.507 e. The Morgan fingerprint density at radius 3 is 1.93 bits per heavy atom. The van der Waals surface area contributed by atoms with Gasteiger partial charge in [0.25, 0.3) is 0 Å². The van der Waals surface area contributed by atoms with E-state index < -0.39 is 0 Å². The van der Waals surface area contributed by atoms with Gasteiger partial charge in [-0.05, 0) is 34.6 Å². The van der Waals surface area contributed by atoms with Crippen LogP contribution < -0.4 is 0 Å². The van der Waals surface area contributed by atoms with Crippen LogP contribution >= 0.6 is 0 Å². The van der Waals surface area contributed by atoms with E-state index in [9.17, 15) is 5.11 Å². The third kappa shape index (κ3) is 4.05. The van der Waals surface area contributed by atoms with E-state index in [2.05, 4.69) is 65.8 Å². The summed E-state index contributed by atoms with van der Waals surface area (Å²) in [7, 11) is 0. The van der Waals surface area contributed by atoms with Crippen molar-refractivity contribution < 1.29 is 5.11 Å². The number of nitrogens with zero attached hydrogens (tertiary/aromatic N) is 1. The van der Waals surface area contributed by atoms with Gasteiger partial charge in [-0.3, -0.25) is 0 Å². The molecule has 0 bridgehead atoms. The number of phenolic OH excluding ortho intramolecular Hbond substituents is 1. The fourth-order valence-corrected chi connectivity index (χ4v) is 3.19. The number of hydrogen-bond acceptors (Lipinski definition) is 2. The van der Waals surface area contributed by atoms with Gasteiger partial charge in [-0.1, -0.05) is 84.0 Å². The number of aromatic hydroxyl groups is 1. The van der Waals surface area contributed by atoms with E-state index in [0.29, 0.717) is 5.75 Å². The normalized spacial score (nSPS) is 12.2. The third-order valence-corrected chi connectivity index (χ3v) is 4.88. The second-order valence-corrected chi connectivity index (χ2v) is 9.19. The predicted octanol–water partition coefficient (Wildman–Crippen LogP) is 6.72. The van der Waals surface area contributed by atoms with Crippen LogP contribution in [0.3, 0.4) is 0 Å². The maximum Gasteiger partial charge on any atom is 0.128 e. The molecule has 0 unspecified atom stereocenters. The van der Waals surface area contributed by atoms with Gasteiger partial charge in [0, 0.05) is 16.7 Å². The van der Waals surface area contributed by atoms with Crippen molar-refractivity contribution in [2.75, 3.05) is 0 Å². The Labute approximate surface area is 162 Å². The standard InChI is InChI=1S/C25H29NO/c1-24(2,3)18-15-19(23(27)20(16-18)25(4,5)6)22-14-10-13-21(26-22)17-11-8-7-9-12-17/h7-16,27H,1-6H3. The molecule has 0 saturated heterocycles. The highest BCUT2D eigenvalue weighted by molar-refractivity contribution is 5.73. The Bertz CT molecular complexity index is 944. The van der Waals surface area contributed by atoms with E-state index in [1.54, 1.807) is 0 Å². The Hall–Kier alpha value is -2.61. The highest BCUT2D eigenvalue weighted by Gasteiger charge is 2.25. The van der Waals surface area contributed by atoms with E-state index in [-0.39, 0.29) is 10.8 Å². The Balaban J connectivity index is 2.22. The molecule has 0 fully saturated rings. The van der Waals surface area contributed by atoms with Crippen LogP contribution in [0.2, 0.25) is 0 Å². The SMILES string of the molecule is CC(C)(C)c1cc(-c2cccc(-c3ccccc3)n2)c(O)c(C(C)(C)C)c1. The molecule has 0 aliphatic heterocycles. The highest BCUT2D eigenvalue weighted by Crippen LogP contribution is 2.41. The maximum atomic E-state index is 11.1. The minimum Gasteiger partial charge on any atom is -0.507 e. The van der Waals surface area contributed by atoms with E-state index in [4.69, 9.17) is 4.98 Å². The summed E-state index contributed by atoms with van der Waals surface area (Å²) >= 11 is 0. The van der Waals surface area contributed by atoms with Crippen LogP contribution in [0.4, 0.5) is 0 Å². The van der Waals surface area contributed by atoms with Crippen molar-refractivity contribution in [3.8, 4) is 28.3 Å². The minimum absolute atomic E-state index is 0.0144. The summed E-state index contributed by atoms with van der Waals surface area (Å²) < 4.78 is 0. The van der Waals surface area contributed by atoms with Crippen LogP contribution in [-0.4, -0.2) is 10.1 Å². The third-order valence-electron chi connectivity index (χ3n) is 4.88. The van der Waals surface area contributed by atoms with Crippen LogP contribution in [0.25, 0.3) is 22.5 Å². The summed E-state index contributed by atoms with van der Waals surface area (Å²) in [6.07, 6.45) is 0. The second-order valence-electron chi connectivity index (χ2n) is 9.19. The summed E-state index contributed by atoms with van der Waals surface area (Å²) in [6, 6.07) is 20.3. The maximum absolute atomic E-state index is 11.1. The van der Waals surface area contributed by atoms with E-state index in [1.165, 1.54) is 5.56 Å². The monoisotopic (exact) mass is 359 g/mol. The first-order chi connectivity index (χ1) is 12.6. The second kappa shape index (κ2) is 6.84. The fourth-order valence-electron chi connectivity index (χ4n) is 3.19. The van der Waals surface area contributed by atoms with Gasteiger partial charge in [0.15, 0.2) is 0 Å².